The van der Waals surface area contributed by atoms with Crippen molar-refractivity contribution in [2.24, 2.45) is 0 Å². The lowest BCUT2D eigenvalue weighted by Crippen LogP contribution is -2.51. The van der Waals surface area contributed by atoms with E-state index in [1.807, 2.05) is 6.08 Å². The van der Waals surface area contributed by atoms with E-state index in [-0.39, 0.29) is 18.7 Å². The molecule has 1 N–H and O–H groups in total. The Labute approximate surface area is 144 Å². The fourth-order valence-corrected chi connectivity index (χ4v) is 3.55. The van der Waals surface area contributed by atoms with Crippen LogP contribution < -0.4 is 0 Å². The van der Waals surface area contributed by atoms with Gasteiger partial charge in [0.15, 0.2) is 0 Å². The number of benzene rings is 2. The van der Waals surface area contributed by atoms with Crippen LogP contribution in [0, 0.1) is 0 Å². The first-order chi connectivity index (χ1) is 11.8. The Bertz CT molecular complexity index is 581. The van der Waals surface area contributed by atoms with E-state index in [9.17, 15) is 5.11 Å². The molecule has 3 nitrogen and oxygen atoms in total. The lowest BCUT2D eigenvalue weighted by molar-refractivity contribution is 0.0708. The SMILES string of the molecule is C=CC(CO)N1CCN(C(c2ccccc2)c2ccccc2)CC1. The predicted molar refractivity (Wildman–Crippen MR) is 98.9 cm³/mol. The second kappa shape index (κ2) is 8.25. The third-order valence-electron chi connectivity index (χ3n) is 4.87. The Morgan fingerprint density at radius 1 is 0.833 bits per heavy atom. The molecular weight excluding hydrogens is 296 g/mol. The Kier molecular flexibility index (Phi) is 5.81. The lowest BCUT2D eigenvalue weighted by atomic mass is 9.96. The Morgan fingerprint density at radius 3 is 1.71 bits per heavy atom. The molecule has 0 saturated carbocycles. The van der Waals surface area contributed by atoms with E-state index in [1.165, 1.54) is 11.1 Å². The van der Waals surface area contributed by atoms with Crippen molar-refractivity contribution in [3.05, 3.63) is 84.4 Å². The van der Waals surface area contributed by atoms with Crippen LogP contribution in [0.4, 0.5) is 0 Å². The molecule has 1 fully saturated rings. The number of piperazine rings is 1. The summed E-state index contributed by atoms with van der Waals surface area (Å²) in [6.45, 7) is 7.86. The lowest BCUT2D eigenvalue weighted by Gasteiger charge is -2.41. The maximum atomic E-state index is 9.48. The van der Waals surface area contributed by atoms with Crippen LogP contribution in [0.5, 0.6) is 0 Å². The minimum Gasteiger partial charge on any atom is -0.394 e. The molecule has 24 heavy (non-hydrogen) atoms. The first-order valence-electron chi connectivity index (χ1n) is 8.65. The van der Waals surface area contributed by atoms with Gasteiger partial charge >= 0.3 is 0 Å². The van der Waals surface area contributed by atoms with Crippen molar-refractivity contribution in [3.63, 3.8) is 0 Å². The van der Waals surface area contributed by atoms with E-state index in [2.05, 4.69) is 77.0 Å². The molecule has 1 heterocycles. The Morgan fingerprint density at radius 2 is 1.29 bits per heavy atom. The molecule has 126 valence electrons. The van der Waals surface area contributed by atoms with Crippen LogP contribution in [0.1, 0.15) is 17.2 Å². The standard InChI is InChI=1S/C21H26N2O/c1-2-20(17-24)22-13-15-23(16-14-22)21(18-9-5-3-6-10-18)19-11-7-4-8-12-19/h2-12,20-21,24H,1,13-17H2. The van der Waals surface area contributed by atoms with Gasteiger partial charge in [0.25, 0.3) is 0 Å². The molecule has 2 aromatic rings. The van der Waals surface area contributed by atoms with Crippen molar-refractivity contribution in [1.82, 2.24) is 9.80 Å². The summed E-state index contributed by atoms with van der Waals surface area (Å²) in [4.78, 5) is 4.86. The number of nitrogens with zero attached hydrogens (tertiary/aromatic N) is 2. The normalized spacial score (nSPS) is 17.8. The highest BCUT2D eigenvalue weighted by atomic mass is 16.3. The maximum absolute atomic E-state index is 9.48. The van der Waals surface area contributed by atoms with Crippen molar-refractivity contribution >= 4 is 0 Å². The molecule has 1 atom stereocenters. The van der Waals surface area contributed by atoms with Crippen LogP contribution in [-0.4, -0.2) is 53.7 Å². The molecule has 0 spiro atoms. The Hall–Kier alpha value is -1.94. The van der Waals surface area contributed by atoms with Gasteiger partial charge in [0.05, 0.1) is 18.7 Å². The largest absolute Gasteiger partial charge is 0.394 e. The topological polar surface area (TPSA) is 26.7 Å². The highest BCUT2D eigenvalue weighted by Gasteiger charge is 2.28. The second-order valence-corrected chi connectivity index (χ2v) is 6.28. The molecule has 1 aliphatic heterocycles. The van der Waals surface area contributed by atoms with Crippen molar-refractivity contribution in [1.29, 1.82) is 0 Å². The van der Waals surface area contributed by atoms with E-state index in [0.717, 1.165) is 26.2 Å². The molecule has 0 bridgehead atoms. The summed E-state index contributed by atoms with van der Waals surface area (Å²) < 4.78 is 0. The smallest absolute Gasteiger partial charge is 0.0622 e. The van der Waals surface area contributed by atoms with Gasteiger partial charge < -0.3 is 5.11 Å². The van der Waals surface area contributed by atoms with E-state index < -0.39 is 0 Å². The summed E-state index contributed by atoms with van der Waals surface area (Å²) >= 11 is 0. The zero-order chi connectivity index (χ0) is 16.8. The van der Waals surface area contributed by atoms with Crippen LogP contribution in [0.3, 0.4) is 0 Å². The number of hydrogen-bond acceptors (Lipinski definition) is 3. The monoisotopic (exact) mass is 322 g/mol. The minimum absolute atomic E-state index is 0.0686. The fraction of sp³-hybridized carbons (Fsp3) is 0.333. The van der Waals surface area contributed by atoms with Crippen LogP contribution >= 0.6 is 0 Å². The molecule has 1 saturated heterocycles. The average molecular weight is 322 g/mol. The van der Waals surface area contributed by atoms with Gasteiger partial charge in [0.2, 0.25) is 0 Å². The molecule has 3 rings (SSSR count). The van der Waals surface area contributed by atoms with Crippen molar-refractivity contribution in [2.75, 3.05) is 32.8 Å². The Balaban J connectivity index is 1.80. The summed E-state index contributed by atoms with van der Waals surface area (Å²) in [5.74, 6) is 0. The van der Waals surface area contributed by atoms with E-state index in [4.69, 9.17) is 0 Å². The van der Waals surface area contributed by atoms with E-state index in [1.54, 1.807) is 0 Å². The van der Waals surface area contributed by atoms with Crippen LogP contribution in [0.2, 0.25) is 0 Å². The van der Waals surface area contributed by atoms with Gasteiger partial charge in [-0.25, -0.2) is 0 Å². The molecular formula is C21H26N2O. The first kappa shape index (κ1) is 16.9. The summed E-state index contributed by atoms with van der Waals surface area (Å²) in [5.41, 5.74) is 2.67. The minimum atomic E-state index is 0.0686. The van der Waals surface area contributed by atoms with Crippen molar-refractivity contribution in [2.45, 2.75) is 12.1 Å². The van der Waals surface area contributed by atoms with Gasteiger partial charge in [0, 0.05) is 26.2 Å². The molecule has 0 radical (unpaired) electrons. The molecule has 0 amide bonds. The highest BCUT2D eigenvalue weighted by molar-refractivity contribution is 5.32. The van der Waals surface area contributed by atoms with Crippen molar-refractivity contribution < 1.29 is 5.11 Å². The summed E-state index contributed by atoms with van der Waals surface area (Å²) in [6, 6.07) is 21.8. The summed E-state index contributed by atoms with van der Waals surface area (Å²) in [6.07, 6.45) is 1.85. The van der Waals surface area contributed by atoms with E-state index >= 15 is 0 Å². The zero-order valence-electron chi connectivity index (χ0n) is 14.1. The maximum Gasteiger partial charge on any atom is 0.0622 e. The number of aliphatic hydroxyl groups is 1. The fourth-order valence-electron chi connectivity index (χ4n) is 3.55. The summed E-state index contributed by atoms with van der Waals surface area (Å²) in [5, 5.41) is 9.48. The van der Waals surface area contributed by atoms with Gasteiger partial charge in [-0.15, -0.1) is 6.58 Å². The first-order valence-corrected chi connectivity index (χ1v) is 8.65. The number of hydrogen-bond donors (Lipinski definition) is 1. The van der Waals surface area contributed by atoms with Crippen LogP contribution in [0.15, 0.2) is 73.3 Å². The second-order valence-electron chi connectivity index (χ2n) is 6.28. The molecule has 0 aliphatic carbocycles. The molecule has 2 aromatic carbocycles. The van der Waals surface area contributed by atoms with Crippen LogP contribution in [-0.2, 0) is 0 Å². The van der Waals surface area contributed by atoms with Gasteiger partial charge in [0.1, 0.15) is 0 Å². The quantitative estimate of drug-likeness (QED) is 0.829. The number of rotatable bonds is 6. The van der Waals surface area contributed by atoms with Gasteiger partial charge in [-0.05, 0) is 11.1 Å². The third kappa shape index (κ3) is 3.75. The number of aliphatic hydroxyl groups excluding tert-OH is 1. The molecule has 0 aromatic heterocycles. The molecule has 3 heteroatoms. The average Bonchev–Trinajstić information content (AvgIpc) is 2.66. The van der Waals surface area contributed by atoms with Gasteiger partial charge in [-0.1, -0.05) is 66.7 Å². The van der Waals surface area contributed by atoms with Crippen molar-refractivity contribution in [3.8, 4) is 0 Å². The van der Waals surface area contributed by atoms with Crippen LogP contribution in [0.25, 0.3) is 0 Å². The summed E-state index contributed by atoms with van der Waals surface area (Å²) in [7, 11) is 0. The van der Waals surface area contributed by atoms with Gasteiger partial charge in [-0.3, -0.25) is 9.80 Å². The third-order valence-corrected chi connectivity index (χ3v) is 4.87. The molecule has 1 aliphatic rings. The predicted octanol–water partition coefficient (Wildman–Crippen LogP) is 2.94. The molecule has 1 unspecified atom stereocenters. The van der Waals surface area contributed by atoms with E-state index in [0.29, 0.717) is 0 Å². The highest BCUT2D eigenvalue weighted by Crippen LogP contribution is 2.29. The zero-order valence-corrected chi connectivity index (χ0v) is 14.1. The van der Waals surface area contributed by atoms with Gasteiger partial charge in [-0.2, -0.15) is 0 Å².